The summed E-state index contributed by atoms with van der Waals surface area (Å²) in [7, 11) is -3.89. The predicted molar refractivity (Wildman–Crippen MR) is 121 cm³/mol. The topological polar surface area (TPSA) is 121 Å². The summed E-state index contributed by atoms with van der Waals surface area (Å²) in [5.41, 5.74) is 1.66. The number of nitro benzene ring substituents is 1. The SMILES string of the molecule is Cc1ccc(C(=O)[C@H](OC(=O)c2ccc(S(C)(=O)=O)c([N+](=O)[O-])c2)c2ccc(C)cc2)cc1. The summed E-state index contributed by atoms with van der Waals surface area (Å²) in [4.78, 5) is 36.0. The van der Waals surface area contributed by atoms with Crippen LogP contribution >= 0.6 is 0 Å². The Kier molecular flexibility index (Phi) is 6.73. The lowest BCUT2D eigenvalue weighted by molar-refractivity contribution is -0.387. The van der Waals surface area contributed by atoms with Gasteiger partial charge in [-0.15, -0.1) is 0 Å². The van der Waals surface area contributed by atoms with E-state index in [0.717, 1.165) is 35.6 Å². The molecule has 0 saturated heterocycles. The third-order valence-corrected chi connectivity index (χ3v) is 6.11. The number of esters is 1. The number of ketones is 1. The third kappa shape index (κ3) is 5.50. The Morgan fingerprint density at radius 3 is 1.91 bits per heavy atom. The number of hydrogen-bond donors (Lipinski definition) is 0. The van der Waals surface area contributed by atoms with Crippen LogP contribution in [0.25, 0.3) is 0 Å². The highest BCUT2D eigenvalue weighted by molar-refractivity contribution is 7.90. The van der Waals surface area contributed by atoms with Crippen molar-refractivity contribution in [3.63, 3.8) is 0 Å². The van der Waals surface area contributed by atoms with Gasteiger partial charge in [0.05, 0.1) is 10.5 Å². The molecule has 0 N–H and O–H groups in total. The summed E-state index contributed by atoms with van der Waals surface area (Å²) in [6, 6.07) is 16.6. The summed E-state index contributed by atoms with van der Waals surface area (Å²) in [5, 5.41) is 11.4. The van der Waals surface area contributed by atoms with Crippen molar-refractivity contribution in [3.05, 3.63) is 105 Å². The fourth-order valence-corrected chi connectivity index (χ4v) is 3.99. The zero-order valence-electron chi connectivity index (χ0n) is 18.1. The Morgan fingerprint density at radius 2 is 1.39 bits per heavy atom. The van der Waals surface area contributed by atoms with Gasteiger partial charge in [-0.05, 0) is 26.0 Å². The first kappa shape index (κ1) is 23.8. The van der Waals surface area contributed by atoms with Crippen molar-refractivity contribution in [3.8, 4) is 0 Å². The Labute approximate surface area is 190 Å². The van der Waals surface area contributed by atoms with E-state index in [4.69, 9.17) is 4.74 Å². The van der Waals surface area contributed by atoms with Crippen molar-refractivity contribution in [2.75, 3.05) is 6.26 Å². The summed E-state index contributed by atoms with van der Waals surface area (Å²) in [6.45, 7) is 3.74. The zero-order chi connectivity index (χ0) is 24.3. The minimum absolute atomic E-state index is 0.247. The van der Waals surface area contributed by atoms with E-state index in [1.54, 1.807) is 48.5 Å². The molecule has 0 heterocycles. The van der Waals surface area contributed by atoms with Gasteiger partial charge in [0.25, 0.3) is 5.69 Å². The summed E-state index contributed by atoms with van der Waals surface area (Å²) >= 11 is 0. The van der Waals surface area contributed by atoms with Gasteiger partial charge in [-0.25, -0.2) is 13.2 Å². The van der Waals surface area contributed by atoms with E-state index in [2.05, 4.69) is 0 Å². The van der Waals surface area contributed by atoms with Crippen molar-refractivity contribution in [1.82, 2.24) is 0 Å². The molecule has 0 aliphatic heterocycles. The number of benzene rings is 3. The third-order valence-electron chi connectivity index (χ3n) is 4.97. The van der Waals surface area contributed by atoms with Gasteiger partial charge < -0.3 is 4.74 Å². The molecule has 33 heavy (non-hydrogen) atoms. The molecule has 9 heteroatoms. The van der Waals surface area contributed by atoms with Gasteiger partial charge in [-0.2, -0.15) is 0 Å². The maximum atomic E-state index is 13.2. The number of nitro groups is 1. The second kappa shape index (κ2) is 9.33. The molecule has 0 aromatic heterocycles. The minimum atomic E-state index is -3.89. The quantitative estimate of drug-likeness (QED) is 0.219. The van der Waals surface area contributed by atoms with Gasteiger partial charge in [-0.1, -0.05) is 59.7 Å². The predicted octanol–water partition coefficient (Wildman–Crippen LogP) is 4.40. The van der Waals surface area contributed by atoms with Gasteiger partial charge in [-0.3, -0.25) is 14.9 Å². The number of ether oxygens (including phenoxy) is 1. The normalized spacial score (nSPS) is 12.1. The van der Waals surface area contributed by atoms with E-state index in [9.17, 15) is 28.1 Å². The van der Waals surface area contributed by atoms with Crippen molar-refractivity contribution < 1.29 is 27.7 Å². The van der Waals surface area contributed by atoms with Gasteiger partial charge in [0.15, 0.2) is 15.9 Å². The van der Waals surface area contributed by atoms with Gasteiger partial charge in [0.2, 0.25) is 5.78 Å². The Balaban J connectivity index is 2.00. The molecule has 0 unspecified atom stereocenters. The van der Waals surface area contributed by atoms with Crippen LogP contribution in [0.15, 0.2) is 71.6 Å². The lowest BCUT2D eigenvalue weighted by atomic mass is 9.98. The molecule has 0 saturated carbocycles. The first-order valence-corrected chi connectivity index (χ1v) is 11.7. The minimum Gasteiger partial charge on any atom is -0.445 e. The monoisotopic (exact) mass is 467 g/mol. The Morgan fingerprint density at radius 1 is 0.879 bits per heavy atom. The fourth-order valence-electron chi connectivity index (χ4n) is 3.16. The Bertz CT molecular complexity index is 1330. The lowest BCUT2D eigenvalue weighted by Crippen LogP contribution is -2.20. The average molecular weight is 467 g/mol. The molecular formula is C24H21NO7S. The van der Waals surface area contributed by atoms with Crippen LogP contribution in [0.3, 0.4) is 0 Å². The molecule has 0 aliphatic rings. The van der Waals surface area contributed by atoms with Crippen LogP contribution in [-0.4, -0.2) is 31.3 Å². The van der Waals surface area contributed by atoms with E-state index >= 15 is 0 Å². The second-order valence-corrected chi connectivity index (χ2v) is 9.62. The molecule has 3 aromatic rings. The van der Waals surface area contributed by atoms with Crippen molar-refractivity contribution >= 4 is 27.3 Å². The average Bonchev–Trinajstić information content (AvgIpc) is 2.77. The van der Waals surface area contributed by atoms with Crippen LogP contribution in [-0.2, 0) is 14.6 Å². The molecule has 0 aliphatic carbocycles. The van der Waals surface area contributed by atoms with Crippen LogP contribution in [0.4, 0.5) is 5.69 Å². The molecule has 3 aromatic carbocycles. The Hall–Kier alpha value is -3.85. The number of hydrogen-bond acceptors (Lipinski definition) is 7. The number of Topliss-reactive ketones (excluding diaryl/α,β-unsaturated/α-hetero) is 1. The van der Waals surface area contributed by atoms with E-state index < -0.39 is 43.2 Å². The highest BCUT2D eigenvalue weighted by Gasteiger charge is 2.29. The molecule has 1 atom stereocenters. The molecule has 0 radical (unpaired) electrons. The summed E-state index contributed by atoms with van der Waals surface area (Å²) in [6.07, 6.45) is -0.462. The number of nitrogens with zero attached hydrogens (tertiary/aromatic N) is 1. The largest absolute Gasteiger partial charge is 0.445 e. The number of rotatable bonds is 7. The lowest BCUT2D eigenvalue weighted by Gasteiger charge is -2.18. The van der Waals surface area contributed by atoms with Crippen LogP contribution in [0.5, 0.6) is 0 Å². The summed E-state index contributed by atoms with van der Waals surface area (Å²) in [5.74, 6) is -1.46. The first-order chi connectivity index (χ1) is 15.5. The molecular weight excluding hydrogens is 446 g/mol. The first-order valence-electron chi connectivity index (χ1n) is 9.84. The number of carbonyl (C=O) groups is 2. The smallest absolute Gasteiger partial charge is 0.339 e. The van der Waals surface area contributed by atoms with E-state index in [-0.39, 0.29) is 5.56 Å². The molecule has 3 rings (SSSR count). The molecule has 0 amide bonds. The van der Waals surface area contributed by atoms with Crippen LogP contribution in [0.1, 0.15) is 43.5 Å². The van der Waals surface area contributed by atoms with E-state index in [0.29, 0.717) is 11.1 Å². The van der Waals surface area contributed by atoms with Crippen LogP contribution < -0.4 is 0 Å². The second-order valence-electron chi connectivity index (χ2n) is 7.64. The number of carbonyl (C=O) groups excluding carboxylic acids is 2. The maximum Gasteiger partial charge on any atom is 0.339 e. The van der Waals surface area contributed by atoms with Gasteiger partial charge in [0.1, 0.15) is 4.90 Å². The fraction of sp³-hybridized carbons (Fsp3) is 0.167. The van der Waals surface area contributed by atoms with Gasteiger partial charge in [0, 0.05) is 23.4 Å². The highest BCUT2D eigenvalue weighted by atomic mass is 32.2. The van der Waals surface area contributed by atoms with Gasteiger partial charge >= 0.3 is 5.97 Å². The molecule has 0 bridgehead atoms. The maximum absolute atomic E-state index is 13.2. The van der Waals surface area contributed by atoms with Crippen LogP contribution in [0, 0.1) is 24.0 Å². The van der Waals surface area contributed by atoms with Crippen molar-refractivity contribution in [2.45, 2.75) is 24.8 Å². The van der Waals surface area contributed by atoms with Crippen LogP contribution in [0.2, 0.25) is 0 Å². The van der Waals surface area contributed by atoms with Crippen molar-refractivity contribution in [2.24, 2.45) is 0 Å². The van der Waals surface area contributed by atoms with E-state index in [1.807, 2.05) is 13.8 Å². The highest BCUT2D eigenvalue weighted by Crippen LogP contribution is 2.28. The van der Waals surface area contributed by atoms with E-state index in [1.165, 1.54) is 0 Å². The number of sulfone groups is 1. The molecule has 0 fully saturated rings. The molecule has 0 spiro atoms. The molecule has 170 valence electrons. The standard InChI is InChI=1S/C24H21NO7S/c1-15-4-8-17(9-5-15)22(26)23(18-10-6-16(2)7-11-18)32-24(27)19-12-13-21(33(3,30)31)20(14-19)25(28)29/h4-14,23H,1-3H3/t23-/m1/s1. The number of aryl methyl sites for hydroxylation is 2. The molecule has 8 nitrogen and oxygen atoms in total. The van der Waals surface area contributed by atoms with Crippen molar-refractivity contribution in [1.29, 1.82) is 0 Å². The summed E-state index contributed by atoms with van der Waals surface area (Å²) < 4.78 is 29.2. The zero-order valence-corrected chi connectivity index (χ0v) is 19.0.